The predicted octanol–water partition coefficient (Wildman–Crippen LogP) is 3.91. The zero-order valence-corrected chi connectivity index (χ0v) is 13.3. The Bertz CT molecular complexity index is 856. The maximum atomic E-state index is 13.1. The van der Waals surface area contributed by atoms with Crippen molar-refractivity contribution >= 4 is 11.6 Å². The molecule has 1 aliphatic rings. The van der Waals surface area contributed by atoms with Crippen LogP contribution in [0.2, 0.25) is 0 Å². The maximum Gasteiger partial charge on any atom is 0.258 e. The fourth-order valence-electron chi connectivity index (χ4n) is 3.00. The number of rotatable bonds is 2. The van der Waals surface area contributed by atoms with Crippen LogP contribution in [0.1, 0.15) is 16.8 Å². The number of ether oxygens (including phenoxy) is 1. The van der Waals surface area contributed by atoms with Crippen LogP contribution in [0, 0.1) is 0 Å². The average molecular weight is 318 g/mol. The van der Waals surface area contributed by atoms with Crippen molar-refractivity contribution in [1.29, 1.82) is 0 Å². The Morgan fingerprint density at radius 1 is 0.958 bits per heavy atom. The molecule has 4 heteroatoms. The minimum absolute atomic E-state index is 0.00181. The van der Waals surface area contributed by atoms with Crippen LogP contribution in [0.4, 0.5) is 5.69 Å². The summed E-state index contributed by atoms with van der Waals surface area (Å²) in [5, 5.41) is 0. The van der Waals surface area contributed by atoms with E-state index in [1.165, 1.54) is 0 Å². The number of anilines is 1. The summed E-state index contributed by atoms with van der Waals surface area (Å²) in [4.78, 5) is 14.9. The minimum atomic E-state index is 0.00181. The summed E-state index contributed by atoms with van der Waals surface area (Å²) in [6.45, 7) is 1.29. The normalized spacial score (nSPS) is 13.8. The molecule has 1 aliphatic heterocycles. The molecule has 0 atom stereocenters. The van der Waals surface area contributed by atoms with Gasteiger partial charge in [0.05, 0.1) is 12.3 Å². The summed E-state index contributed by atoms with van der Waals surface area (Å²) in [5.74, 6) is 0.770. The van der Waals surface area contributed by atoms with Crippen LogP contribution in [-0.2, 0) is 0 Å². The monoisotopic (exact) mass is 318 g/mol. The molecular formula is C20H18N2O2. The van der Waals surface area contributed by atoms with Crippen LogP contribution in [0.5, 0.6) is 5.75 Å². The standard InChI is InChI=1S/C20H18N2O2/c23-20(16-7-5-8-17(15-16)21-11-3-4-12-21)22-13-6-14-24-19-10-2-1-9-18(19)22/h1-5,7-12,15H,6,13-14H2. The third-order valence-electron chi connectivity index (χ3n) is 4.18. The SMILES string of the molecule is O=C(c1cccc(-n2cccc2)c1)N1CCCOc2ccccc21. The zero-order chi connectivity index (χ0) is 16.4. The van der Waals surface area contributed by atoms with Gasteiger partial charge in [0.2, 0.25) is 0 Å². The summed E-state index contributed by atoms with van der Waals surface area (Å²) in [6.07, 6.45) is 4.76. The fourth-order valence-corrected chi connectivity index (χ4v) is 3.00. The van der Waals surface area contributed by atoms with Crippen molar-refractivity contribution in [3.63, 3.8) is 0 Å². The lowest BCUT2D eigenvalue weighted by Crippen LogP contribution is -2.31. The number of nitrogens with zero attached hydrogens (tertiary/aromatic N) is 2. The van der Waals surface area contributed by atoms with Gasteiger partial charge in [-0.2, -0.15) is 0 Å². The molecule has 4 rings (SSSR count). The van der Waals surface area contributed by atoms with E-state index in [-0.39, 0.29) is 5.91 Å². The van der Waals surface area contributed by atoms with Gasteiger partial charge in [-0.3, -0.25) is 4.79 Å². The lowest BCUT2D eigenvalue weighted by Gasteiger charge is -2.22. The predicted molar refractivity (Wildman–Crippen MR) is 94.0 cm³/mol. The molecule has 0 unspecified atom stereocenters. The first-order chi connectivity index (χ1) is 11.8. The summed E-state index contributed by atoms with van der Waals surface area (Å²) < 4.78 is 7.75. The van der Waals surface area contributed by atoms with Crippen LogP contribution < -0.4 is 9.64 Å². The highest BCUT2D eigenvalue weighted by Gasteiger charge is 2.23. The average Bonchev–Trinajstić information content (AvgIpc) is 3.08. The van der Waals surface area contributed by atoms with Gasteiger partial charge in [-0.25, -0.2) is 0 Å². The third kappa shape index (κ3) is 2.67. The van der Waals surface area contributed by atoms with Crippen molar-refractivity contribution in [2.45, 2.75) is 6.42 Å². The van der Waals surface area contributed by atoms with Crippen molar-refractivity contribution in [2.24, 2.45) is 0 Å². The van der Waals surface area contributed by atoms with Gasteiger partial charge < -0.3 is 14.2 Å². The molecule has 120 valence electrons. The number of carbonyl (C=O) groups is 1. The Kier molecular flexibility index (Phi) is 3.79. The number of fused-ring (bicyclic) bond motifs is 1. The number of benzene rings is 2. The number of hydrogen-bond acceptors (Lipinski definition) is 2. The summed E-state index contributed by atoms with van der Waals surface area (Å²) in [7, 11) is 0. The smallest absolute Gasteiger partial charge is 0.258 e. The van der Waals surface area contributed by atoms with E-state index in [4.69, 9.17) is 4.74 Å². The second-order valence-corrected chi connectivity index (χ2v) is 5.77. The lowest BCUT2D eigenvalue weighted by atomic mass is 10.1. The zero-order valence-electron chi connectivity index (χ0n) is 13.3. The Morgan fingerprint density at radius 2 is 1.79 bits per heavy atom. The van der Waals surface area contributed by atoms with Crippen molar-refractivity contribution in [2.75, 3.05) is 18.1 Å². The number of para-hydroxylation sites is 2. The quantitative estimate of drug-likeness (QED) is 0.718. The summed E-state index contributed by atoms with van der Waals surface area (Å²) >= 11 is 0. The number of hydrogen-bond donors (Lipinski definition) is 0. The maximum absolute atomic E-state index is 13.1. The molecule has 0 aliphatic carbocycles. The molecule has 1 aromatic heterocycles. The second kappa shape index (κ2) is 6.24. The molecule has 0 spiro atoms. The van der Waals surface area contributed by atoms with Gasteiger partial charge in [0.1, 0.15) is 5.75 Å². The lowest BCUT2D eigenvalue weighted by molar-refractivity contribution is 0.0987. The number of carbonyl (C=O) groups excluding carboxylic acids is 1. The first-order valence-electron chi connectivity index (χ1n) is 8.10. The van der Waals surface area contributed by atoms with Gasteiger partial charge in [0.15, 0.2) is 0 Å². The van der Waals surface area contributed by atoms with Crippen LogP contribution in [-0.4, -0.2) is 23.6 Å². The van der Waals surface area contributed by atoms with E-state index in [0.717, 1.165) is 23.5 Å². The molecule has 2 aromatic carbocycles. The van der Waals surface area contributed by atoms with Gasteiger partial charge in [-0.05, 0) is 48.9 Å². The van der Waals surface area contributed by atoms with Crippen molar-refractivity contribution < 1.29 is 9.53 Å². The van der Waals surface area contributed by atoms with E-state index in [2.05, 4.69) is 0 Å². The van der Waals surface area contributed by atoms with Crippen LogP contribution in [0.15, 0.2) is 73.1 Å². The largest absolute Gasteiger partial charge is 0.491 e. The summed E-state index contributed by atoms with van der Waals surface area (Å²) in [6, 6.07) is 19.4. The molecule has 0 N–H and O–H groups in total. The van der Waals surface area contributed by atoms with Crippen molar-refractivity contribution in [1.82, 2.24) is 4.57 Å². The van der Waals surface area contributed by atoms with Gasteiger partial charge in [-0.15, -0.1) is 0 Å². The Morgan fingerprint density at radius 3 is 2.67 bits per heavy atom. The Balaban J connectivity index is 1.70. The molecule has 0 saturated carbocycles. The van der Waals surface area contributed by atoms with Gasteiger partial charge >= 0.3 is 0 Å². The van der Waals surface area contributed by atoms with Crippen LogP contribution >= 0.6 is 0 Å². The fraction of sp³-hybridized carbons (Fsp3) is 0.150. The summed E-state index contributed by atoms with van der Waals surface area (Å²) in [5.41, 5.74) is 2.49. The first kappa shape index (κ1) is 14.6. The van der Waals surface area contributed by atoms with E-state index in [1.54, 1.807) is 0 Å². The Labute approximate surface area is 140 Å². The van der Waals surface area contributed by atoms with Crippen molar-refractivity contribution in [3.8, 4) is 11.4 Å². The molecule has 0 bridgehead atoms. The highest BCUT2D eigenvalue weighted by Crippen LogP contribution is 2.31. The molecule has 3 aromatic rings. The molecule has 4 nitrogen and oxygen atoms in total. The highest BCUT2D eigenvalue weighted by molar-refractivity contribution is 6.07. The van der Waals surface area contributed by atoms with Crippen LogP contribution in [0.25, 0.3) is 5.69 Å². The van der Waals surface area contributed by atoms with E-state index in [0.29, 0.717) is 18.7 Å². The minimum Gasteiger partial charge on any atom is -0.491 e. The van der Waals surface area contributed by atoms with E-state index < -0.39 is 0 Å². The molecule has 24 heavy (non-hydrogen) atoms. The van der Waals surface area contributed by atoms with Gasteiger partial charge in [0.25, 0.3) is 5.91 Å². The van der Waals surface area contributed by atoms with Crippen LogP contribution in [0.3, 0.4) is 0 Å². The van der Waals surface area contributed by atoms with E-state index in [9.17, 15) is 4.79 Å². The first-order valence-corrected chi connectivity index (χ1v) is 8.10. The topological polar surface area (TPSA) is 34.5 Å². The number of amides is 1. The second-order valence-electron chi connectivity index (χ2n) is 5.77. The molecule has 2 heterocycles. The van der Waals surface area contributed by atoms with Crippen molar-refractivity contribution in [3.05, 3.63) is 78.6 Å². The molecular weight excluding hydrogens is 300 g/mol. The van der Waals surface area contributed by atoms with E-state index >= 15 is 0 Å². The molecule has 1 amide bonds. The van der Waals surface area contributed by atoms with E-state index in [1.807, 2.05) is 82.5 Å². The number of aromatic nitrogens is 1. The van der Waals surface area contributed by atoms with Gasteiger partial charge in [-0.1, -0.05) is 18.2 Å². The molecule has 0 fully saturated rings. The van der Waals surface area contributed by atoms with Gasteiger partial charge in [0, 0.05) is 30.2 Å². The third-order valence-corrected chi connectivity index (χ3v) is 4.18. The Hall–Kier alpha value is -3.01. The molecule has 0 radical (unpaired) electrons. The molecule has 0 saturated heterocycles. The highest BCUT2D eigenvalue weighted by atomic mass is 16.5.